The number of nitrogens with zero attached hydrogens (tertiary/aromatic N) is 2. The molecule has 0 aliphatic rings. The molecule has 0 atom stereocenters. The Balaban J connectivity index is 1.64. The van der Waals surface area contributed by atoms with Crippen LogP contribution in [0.25, 0.3) is 11.0 Å². The van der Waals surface area contributed by atoms with Crippen molar-refractivity contribution in [3.8, 4) is 11.5 Å². The third kappa shape index (κ3) is 4.87. The summed E-state index contributed by atoms with van der Waals surface area (Å²) >= 11 is 6.54. The van der Waals surface area contributed by atoms with Crippen LogP contribution in [0.2, 0.25) is 5.02 Å². The van der Waals surface area contributed by atoms with E-state index >= 15 is 0 Å². The van der Waals surface area contributed by atoms with Gasteiger partial charge in [0, 0.05) is 16.7 Å². The summed E-state index contributed by atoms with van der Waals surface area (Å²) in [5.74, 6) is 1.95. The number of halogens is 1. The molecule has 0 amide bonds. The van der Waals surface area contributed by atoms with E-state index in [-0.39, 0.29) is 12.6 Å². The van der Waals surface area contributed by atoms with Crippen molar-refractivity contribution in [3.63, 3.8) is 0 Å². The highest BCUT2D eigenvalue weighted by Gasteiger charge is 2.15. The number of aromatic nitrogens is 2. The molecule has 4 aromatic rings. The summed E-state index contributed by atoms with van der Waals surface area (Å²) in [5, 5.41) is 0.649. The lowest BCUT2D eigenvalue weighted by molar-refractivity contribution is 0.0597. The molecule has 0 saturated heterocycles. The van der Waals surface area contributed by atoms with E-state index in [4.69, 9.17) is 30.8 Å². The van der Waals surface area contributed by atoms with Gasteiger partial charge in [-0.3, -0.25) is 0 Å². The summed E-state index contributed by atoms with van der Waals surface area (Å²) in [5.41, 5.74) is 5.12. The molecule has 0 N–H and O–H groups in total. The molecular weight excluding hydrogens is 452 g/mol. The Bertz CT molecular complexity index is 1350. The molecule has 7 heteroatoms. The molecule has 1 heterocycles. The Morgan fingerprint density at radius 1 is 1.00 bits per heavy atom. The van der Waals surface area contributed by atoms with Gasteiger partial charge in [-0.25, -0.2) is 9.78 Å². The topological polar surface area (TPSA) is 62.6 Å². The van der Waals surface area contributed by atoms with Crippen LogP contribution in [0.5, 0.6) is 11.5 Å². The van der Waals surface area contributed by atoms with Crippen molar-refractivity contribution in [2.75, 3.05) is 13.7 Å². The lowest BCUT2D eigenvalue weighted by atomic mass is 10.1. The zero-order chi connectivity index (χ0) is 24.2. The molecule has 3 aromatic carbocycles. The summed E-state index contributed by atoms with van der Waals surface area (Å²) in [6.07, 6.45) is 0. The van der Waals surface area contributed by atoms with Gasteiger partial charge in [-0.2, -0.15) is 0 Å². The summed E-state index contributed by atoms with van der Waals surface area (Å²) in [6, 6.07) is 17.0. The Hall–Kier alpha value is -3.51. The Morgan fingerprint density at radius 2 is 1.79 bits per heavy atom. The summed E-state index contributed by atoms with van der Waals surface area (Å²) in [6.45, 7) is 7.34. The number of ether oxygens (including phenoxy) is 3. The molecule has 176 valence electrons. The van der Waals surface area contributed by atoms with Crippen LogP contribution in [-0.2, 0) is 17.9 Å². The number of aryl methyl sites for hydroxylation is 2. The maximum atomic E-state index is 12.1. The van der Waals surface area contributed by atoms with Gasteiger partial charge in [-0.05, 0) is 56.2 Å². The van der Waals surface area contributed by atoms with Crippen molar-refractivity contribution in [1.29, 1.82) is 0 Å². The number of imidazole rings is 1. The van der Waals surface area contributed by atoms with Crippen molar-refractivity contribution < 1.29 is 19.0 Å². The zero-order valence-corrected chi connectivity index (χ0v) is 20.5. The number of carbonyl (C=O) groups excluding carboxylic acids is 1. The smallest absolute Gasteiger partial charge is 0.338 e. The minimum atomic E-state index is -0.383. The molecule has 0 saturated carbocycles. The van der Waals surface area contributed by atoms with Gasteiger partial charge in [0.25, 0.3) is 0 Å². The van der Waals surface area contributed by atoms with E-state index in [1.165, 1.54) is 7.11 Å². The largest absolute Gasteiger partial charge is 0.494 e. The standard InChI is InChI=1S/C27H27ClN2O4/c1-5-33-21-11-10-19(24(28)13-21)15-30-18(3)29-26-17(2)12-22(14-25(26)30)34-16-20-8-6-7-9-23(20)27(31)32-4/h6-14H,5,15-16H2,1-4H3. The second-order valence-corrected chi connectivity index (χ2v) is 8.38. The number of benzene rings is 3. The molecule has 0 spiro atoms. The number of fused-ring (bicyclic) bond motifs is 1. The van der Waals surface area contributed by atoms with Crippen LogP contribution in [0, 0.1) is 13.8 Å². The monoisotopic (exact) mass is 478 g/mol. The molecule has 0 aliphatic heterocycles. The molecule has 34 heavy (non-hydrogen) atoms. The van der Waals surface area contributed by atoms with Crippen molar-refractivity contribution in [2.24, 2.45) is 0 Å². The van der Waals surface area contributed by atoms with Crippen LogP contribution < -0.4 is 9.47 Å². The van der Waals surface area contributed by atoms with E-state index < -0.39 is 0 Å². The number of esters is 1. The quantitative estimate of drug-likeness (QED) is 0.285. The number of methoxy groups -OCH3 is 1. The molecule has 6 nitrogen and oxygen atoms in total. The minimum absolute atomic E-state index is 0.244. The van der Waals surface area contributed by atoms with E-state index in [9.17, 15) is 4.79 Å². The van der Waals surface area contributed by atoms with E-state index in [1.807, 2.05) is 63.2 Å². The number of hydrogen-bond acceptors (Lipinski definition) is 5. The van der Waals surface area contributed by atoms with E-state index in [0.717, 1.165) is 39.3 Å². The van der Waals surface area contributed by atoms with Crippen molar-refractivity contribution in [2.45, 2.75) is 33.9 Å². The van der Waals surface area contributed by atoms with Crippen molar-refractivity contribution in [3.05, 3.63) is 87.7 Å². The Labute approximate surface area is 204 Å². The van der Waals surface area contributed by atoms with E-state index in [0.29, 0.717) is 29.5 Å². The molecule has 1 aromatic heterocycles. The molecule has 0 aliphatic carbocycles. The highest BCUT2D eigenvalue weighted by Crippen LogP contribution is 2.29. The predicted octanol–water partition coefficient (Wildman–Crippen LogP) is 6.12. The normalized spacial score (nSPS) is 11.0. The number of rotatable bonds is 8. The maximum absolute atomic E-state index is 12.1. The Morgan fingerprint density at radius 3 is 2.53 bits per heavy atom. The minimum Gasteiger partial charge on any atom is -0.494 e. The van der Waals surface area contributed by atoms with Crippen LogP contribution in [0.15, 0.2) is 54.6 Å². The summed E-state index contributed by atoms with van der Waals surface area (Å²) in [4.78, 5) is 16.8. The molecular formula is C27H27ClN2O4. The molecule has 4 rings (SSSR count). The van der Waals surface area contributed by atoms with Crippen LogP contribution in [0.1, 0.15) is 39.8 Å². The Kier molecular flexibility index (Phi) is 7.08. The first-order chi connectivity index (χ1) is 16.4. The van der Waals surface area contributed by atoms with Crippen molar-refractivity contribution >= 4 is 28.6 Å². The van der Waals surface area contributed by atoms with Crippen LogP contribution in [0.3, 0.4) is 0 Å². The predicted molar refractivity (Wildman–Crippen MR) is 133 cm³/mol. The average molecular weight is 479 g/mol. The second-order valence-electron chi connectivity index (χ2n) is 7.98. The fourth-order valence-electron chi connectivity index (χ4n) is 3.96. The second kappa shape index (κ2) is 10.2. The highest BCUT2D eigenvalue weighted by atomic mass is 35.5. The first kappa shape index (κ1) is 23.6. The highest BCUT2D eigenvalue weighted by molar-refractivity contribution is 6.31. The first-order valence-corrected chi connectivity index (χ1v) is 11.5. The fourth-order valence-corrected chi connectivity index (χ4v) is 4.19. The molecule has 0 fully saturated rings. The third-order valence-electron chi connectivity index (χ3n) is 5.69. The van der Waals surface area contributed by atoms with Crippen LogP contribution >= 0.6 is 11.6 Å². The molecule has 0 bridgehead atoms. The average Bonchev–Trinajstić information content (AvgIpc) is 3.15. The van der Waals surface area contributed by atoms with Gasteiger partial charge in [0.1, 0.15) is 23.9 Å². The van der Waals surface area contributed by atoms with Gasteiger partial charge in [-0.15, -0.1) is 0 Å². The number of carbonyl (C=O) groups is 1. The van der Waals surface area contributed by atoms with Crippen LogP contribution in [0.4, 0.5) is 0 Å². The third-order valence-corrected chi connectivity index (χ3v) is 6.04. The summed E-state index contributed by atoms with van der Waals surface area (Å²) in [7, 11) is 1.37. The van der Waals surface area contributed by atoms with Gasteiger partial charge >= 0.3 is 5.97 Å². The van der Waals surface area contributed by atoms with E-state index in [1.54, 1.807) is 12.1 Å². The van der Waals surface area contributed by atoms with Crippen LogP contribution in [-0.4, -0.2) is 29.2 Å². The SMILES string of the molecule is CCOc1ccc(Cn2c(C)nc3c(C)cc(OCc4ccccc4C(=O)OC)cc32)c(Cl)c1. The van der Waals surface area contributed by atoms with Gasteiger partial charge in [-0.1, -0.05) is 35.9 Å². The van der Waals surface area contributed by atoms with Crippen molar-refractivity contribution in [1.82, 2.24) is 9.55 Å². The van der Waals surface area contributed by atoms with Gasteiger partial charge in [0.15, 0.2) is 0 Å². The van der Waals surface area contributed by atoms with Gasteiger partial charge in [0.2, 0.25) is 0 Å². The summed E-state index contributed by atoms with van der Waals surface area (Å²) < 4.78 is 18.7. The fraction of sp³-hybridized carbons (Fsp3) is 0.259. The molecule has 0 unspecified atom stereocenters. The number of hydrogen-bond donors (Lipinski definition) is 0. The lowest BCUT2D eigenvalue weighted by Crippen LogP contribution is -2.08. The zero-order valence-electron chi connectivity index (χ0n) is 19.7. The van der Waals surface area contributed by atoms with Gasteiger partial charge in [0.05, 0.1) is 36.9 Å². The maximum Gasteiger partial charge on any atom is 0.338 e. The lowest BCUT2D eigenvalue weighted by Gasteiger charge is -2.13. The first-order valence-electron chi connectivity index (χ1n) is 11.1. The molecule has 0 radical (unpaired) electrons. The van der Waals surface area contributed by atoms with E-state index in [2.05, 4.69) is 4.57 Å². The van der Waals surface area contributed by atoms with Gasteiger partial charge < -0.3 is 18.8 Å².